The number of hydrogen-bond acceptors (Lipinski definition) is 7. The van der Waals surface area contributed by atoms with E-state index >= 15 is 0 Å². The zero-order valence-corrected chi connectivity index (χ0v) is 20.0. The highest BCUT2D eigenvalue weighted by Gasteiger charge is 2.26. The topological polar surface area (TPSA) is 94.4 Å². The Balaban J connectivity index is 1.40. The Morgan fingerprint density at radius 3 is 2.82 bits per heavy atom. The molecule has 0 saturated carbocycles. The maximum Gasteiger partial charge on any atom is 0.237 e. The molecule has 9 nitrogen and oxygen atoms in total. The summed E-state index contributed by atoms with van der Waals surface area (Å²) in [6, 6.07) is 7.79. The van der Waals surface area contributed by atoms with Gasteiger partial charge in [0.2, 0.25) is 11.9 Å². The molecule has 2 aromatic heterocycles. The first-order valence-electron chi connectivity index (χ1n) is 11.7. The number of nitrogens with zero attached hydrogens (tertiary/aromatic N) is 5. The average Bonchev–Trinajstić information content (AvgIpc) is 3.39. The molecule has 1 N–H and O–H groups in total. The van der Waals surface area contributed by atoms with E-state index in [0.29, 0.717) is 25.3 Å². The van der Waals surface area contributed by atoms with Crippen LogP contribution in [0, 0.1) is 6.92 Å². The van der Waals surface area contributed by atoms with Crippen LogP contribution in [0.1, 0.15) is 36.9 Å². The predicted molar refractivity (Wildman–Crippen MR) is 130 cm³/mol. The van der Waals surface area contributed by atoms with Gasteiger partial charge in [-0.25, -0.2) is 9.97 Å². The van der Waals surface area contributed by atoms with Crippen molar-refractivity contribution in [1.82, 2.24) is 24.8 Å². The van der Waals surface area contributed by atoms with Gasteiger partial charge in [0.05, 0.1) is 14.2 Å². The lowest BCUT2D eigenvalue weighted by atomic mass is 9.99. The van der Waals surface area contributed by atoms with Crippen LogP contribution >= 0.6 is 0 Å². The predicted octanol–water partition coefficient (Wildman–Crippen LogP) is 3.10. The van der Waals surface area contributed by atoms with Crippen molar-refractivity contribution in [2.24, 2.45) is 0 Å². The lowest BCUT2D eigenvalue weighted by Crippen LogP contribution is -2.43. The van der Waals surface area contributed by atoms with Crippen LogP contribution in [0.5, 0.6) is 11.5 Å². The van der Waals surface area contributed by atoms with E-state index in [9.17, 15) is 4.79 Å². The highest BCUT2D eigenvalue weighted by Crippen LogP contribution is 2.27. The van der Waals surface area contributed by atoms with Crippen LogP contribution in [0.4, 0.5) is 5.82 Å². The second-order valence-electron chi connectivity index (χ2n) is 8.46. The Kier molecular flexibility index (Phi) is 7.61. The number of anilines is 1. The SMILES string of the molecule is COc1ccc(OC)c(CCNC(=O)CC2CCCCN2c2cc(C)nc(-n3ccnc3)n2)c1. The molecule has 1 aromatic carbocycles. The first-order chi connectivity index (χ1) is 16.6. The molecule has 4 rings (SSSR count). The molecule has 1 unspecified atom stereocenters. The molecular formula is C25H32N6O3. The first kappa shape index (κ1) is 23.5. The van der Waals surface area contributed by atoms with Crippen LogP contribution in [0.15, 0.2) is 43.0 Å². The zero-order valence-electron chi connectivity index (χ0n) is 20.0. The Labute approximate surface area is 200 Å². The smallest absolute Gasteiger partial charge is 0.237 e. The van der Waals surface area contributed by atoms with Crippen LogP contribution in [-0.4, -0.2) is 58.8 Å². The molecule has 1 fully saturated rings. The number of rotatable bonds is 9. The lowest BCUT2D eigenvalue weighted by Gasteiger charge is -2.36. The summed E-state index contributed by atoms with van der Waals surface area (Å²) in [5, 5.41) is 3.08. The monoisotopic (exact) mass is 464 g/mol. The van der Waals surface area contributed by atoms with Gasteiger partial charge in [0.25, 0.3) is 0 Å². The summed E-state index contributed by atoms with van der Waals surface area (Å²) >= 11 is 0. The summed E-state index contributed by atoms with van der Waals surface area (Å²) in [6.45, 7) is 3.37. The van der Waals surface area contributed by atoms with Gasteiger partial charge in [0.1, 0.15) is 23.6 Å². The number of methoxy groups -OCH3 is 2. The minimum Gasteiger partial charge on any atom is -0.497 e. The highest BCUT2D eigenvalue weighted by molar-refractivity contribution is 5.77. The van der Waals surface area contributed by atoms with Crippen LogP contribution < -0.4 is 19.7 Å². The Bertz CT molecular complexity index is 1100. The molecule has 0 spiro atoms. The van der Waals surface area contributed by atoms with E-state index in [1.807, 2.05) is 37.4 Å². The minimum atomic E-state index is 0.0411. The van der Waals surface area contributed by atoms with Gasteiger partial charge < -0.3 is 19.7 Å². The molecule has 9 heteroatoms. The van der Waals surface area contributed by atoms with Crippen molar-refractivity contribution in [2.45, 2.75) is 45.1 Å². The Morgan fingerprint density at radius 2 is 2.06 bits per heavy atom. The van der Waals surface area contributed by atoms with E-state index in [1.165, 1.54) is 0 Å². The summed E-state index contributed by atoms with van der Waals surface area (Å²) in [7, 11) is 3.29. The number of imidazole rings is 1. The summed E-state index contributed by atoms with van der Waals surface area (Å²) in [4.78, 5) is 28.5. The van der Waals surface area contributed by atoms with Crippen LogP contribution in [0.2, 0.25) is 0 Å². The van der Waals surface area contributed by atoms with Gasteiger partial charge in [-0.15, -0.1) is 0 Å². The average molecular weight is 465 g/mol. The molecule has 1 atom stereocenters. The van der Waals surface area contributed by atoms with Crippen molar-refractivity contribution in [3.05, 3.63) is 54.2 Å². The van der Waals surface area contributed by atoms with Crippen molar-refractivity contribution >= 4 is 11.7 Å². The highest BCUT2D eigenvalue weighted by atomic mass is 16.5. The number of carbonyl (C=O) groups excluding carboxylic acids is 1. The third-order valence-corrected chi connectivity index (χ3v) is 6.11. The fourth-order valence-electron chi connectivity index (χ4n) is 4.39. The molecule has 0 aliphatic carbocycles. The van der Waals surface area contributed by atoms with E-state index in [4.69, 9.17) is 14.5 Å². The van der Waals surface area contributed by atoms with Gasteiger partial charge in [-0.3, -0.25) is 9.36 Å². The minimum absolute atomic E-state index is 0.0411. The van der Waals surface area contributed by atoms with E-state index in [0.717, 1.165) is 54.4 Å². The number of piperidine rings is 1. The number of aromatic nitrogens is 4. The molecule has 34 heavy (non-hydrogen) atoms. The maximum atomic E-state index is 12.8. The van der Waals surface area contributed by atoms with Crippen molar-refractivity contribution in [3.63, 3.8) is 0 Å². The molecule has 1 aliphatic rings. The largest absolute Gasteiger partial charge is 0.497 e. The summed E-state index contributed by atoms with van der Waals surface area (Å²) < 4.78 is 12.6. The van der Waals surface area contributed by atoms with E-state index in [1.54, 1.807) is 31.3 Å². The van der Waals surface area contributed by atoms with E-state index in [2.05, 4.69) is 20.2 Å². The standard InChI is InChI=1S/C25H32N6O3/c1-18-14-23(29-25(28-18)30-13-11-26-17-30)31-12-5-4-6-20(31)16-24(32)27-10-9-19-15-21(33-2)7-8-22(19)34-3/h7-8,11,13-15,17,20H,4-6,9-10,12,16H2,1-3H3,(H,27,32). The van der Waals surface area contributed by atoms with Gasteiger partial charge in [-0.05, 0) is 56.4 Å². The van der Waals surface area contributed by atoms with Crippen molar-refractivity contribution in [2.75, 3.05) is 32.2 Å². The Morgan fingerprint density at radius 1 is 1.18 bits per heavy atom. The second kappa shape index (κ2) is 11.0. The van der Waals surface area contributed by atoms with Gasteiger partial charge in [-0.1, -0.05) is 0 Å². The molecule has 1 aliphatic heterocycles. The third kappa shape index (κ3) is 5.65. The molecule has 1 amide bonds. The number of amides is 1. The molecule has 3 heterocycles. The quantitative estimate of drug-likeness (QED) is 0.520. The van der Waals surface area contributed by atoms with E-state index < -0.39 is 0 Å². The van der Waals surface area contributed by atoms with Gasteiger partial charge >= 0.3 is 0 Å². The molecule has 180 valence electrons. The van der Waals surface area contributed by atoms with Gasteiger partial charge in [-0.2, -0.15) is 4.98 Å². The maximum absolute atomic E-state index is 12.8. The summed E-state index contributed by atoms with van der Waals surface area (Å²) in [6.07, 6.45) is 9.47. The number of nitrogens with one attached hydrogen (secondary N) is 1. The molecule has 1 saturated heterocycles. The van der Waals surface area contributed by atoms with Crippen LogP contribution in [0.3, 0.4) is 0 Å². The van der Waals surface area contributed by atoms with Crippen LogP contribution in [0.25, 0.3) is 5.95 Å². The first-order valence-corrected chi connectivity index (χ1v) is 11.7. The number of aryl methyl sites for hydroxylation is 1. The van der Waals surface area contributed by atoms with Gasteiger partial charge in [0.15, 0.2) is 0 Å². The summed E-state index contributed by atoms with van der Waals surface area (Å²) in [5.74, 6) is 3.05. The third-order valence-electron chi connectivity index (χ3n) is 6.11. The number of carbonyl (C=O) groups is 1. The molecular weight excluding hydrogens is 432 g/mol. The van der Waals surface area contributed by atoms with Gasteiger partial charge in [0, 0.05) is 49.7 Å². The Hall–Kier alpha value is -3.62. The van der Waals surface area contributed by atoms with Crippen molar-refractivity contribution < 1.29 is 14.3 Å². The number of ether oxygens (including phenoxy) is 2. The van der Waals surface area contributed by atoms with Crippen molar-refractivity contribution in [1.29, 1.82) is 0 Å². The fraction of sp³-hybridized carbons (Fsp3) is 0.440. The van der Waals surface area contributed by atoms with Crippen molar-refractivity contribution in [3.8, 4) is 17.4 Å². The number of benzene rings is 1. The molecule has 0 bridgehead atoms. The molecule has 3 aromatic rings. The number of hydrogen-bond donors (Lipinski definition) is 1. The molecule has 0 radical (unpaired) electrons. The van der Waals surface area contributed by atoms with E-state index in [-0.39, 0.29) is 11.9 Å². The summed E-state index contributed by atoms with van der Waals surface area (Å²) in [5.41, 5.74) is 1.89. The lowest BCUT2D eigenvalue weighted by molar-refractivity contribution is -0.121. The fourth-order valence-corrected chi connectivity index (χ4v) is 4.39. The van der Waals surface area contributed by atoms with Crippen LogP contribution in [-0.2, 0) is 11.2 Å². The zero-order chi connectivity index (χ0) is 23.9. The normalized spacial score (nSPS) is 15.7. The second-order valence-corrected chi connectivity index (χ2v) is 8.46.